The quantitative estimate of drug-likeness (QED) is 0.688. The molecule has 0 N–H and O–H groups in total. The van der Waals surface area contributed by atoms with E-state index in [9.17, 15) is 7.77 Å². The van der Waals surface area contributed by atoms with Gasteiger partial charge in [0.25, 0.3) is 0 Å². The van der Waals surface area contributed by atoms with E-state index in [2.05, 4.69) is 22.6 Å². The summed E-state index contributed by atoms with van der Waals surface area (Å²) in [7, 11) is -3.52. The molecule has 0 aliphatic rings. The van der Waals surface area contributed by atoms with E-state index < -0.39 is 10.8 Å². The highest BCUT2D eigenvalue weighted by molar-refractivity contribution is 14.1. The first-order chi connectivity index (χ1) is 5.00. The maximum Gasteiger partial charge on any atom is 0.0823 e. The number of hydrogen-bond acceptors (Lipinski definition) is 0. The standard InChI is InChI=1S/C7H7F2IS/c1-11(8,9)7-4-2-6(10)3-5-7/h2-5H,1H3. The van der Waals surface area contributed by atoms with Crippen LogP contribution in [0.2, 0.25) is 0 Å². The van der Waals surface area contributed by atoms with Crippen molar-refractivity contribution in [2.45, 2.75) is 4.90 Å². The van der Waals surface area contributed by atoms with Gasteiger partial charge in [-0.05, 0) is 46.9 Å². The highest BCUT2D eigenvalue weighted by Gasteiger charge is 2.16. The molecule has 0 fully saturated rings. The van der Waals surface area contributed by atoms with E-state index >= 15 is 0 Å². The number of hydrogen-bond donors (Lipinski definition) is 0. The first-order valence-electron chi connectivity index (χ1n) is 2.93. The van der Waals surface area contributed by atoms with E-state index in [1.54, 1.807) is 12.1 Å². The monoisotopic (exact) mass is 288 g/mol. The van der Waals surface area contributed by atoms with Gasteiger partial charge in [0.2, 0.25) is 0 Å². The van der Waals surface area contributed by atoms with Crippen molar-refractivity contribution in [2.75, 3.05) is 6.26 Å². The molecule has 62 valence electrons. The third-order valence-corrected chi connectivity index (χ3v) is 3.05. The smallest absolute Gasteiger partial charge is 0.0823 e. The molecule has 0 aliphatic carbocycles. The van der Waals surface area contributed by atoms with Crippen molar-refractivity contribution < 1.29 is 7.77 Å². The van der Waals surface area contributed by atoms with E-state index in [-0.39, 0.29) is 4.90 Å². The van der Waals surface area contributed by atoms with E-state index in [0.717, 1.165) is 9.83 Å². The van der Waals surface area contributed by atoms with Crippen LogP contribution in [0.3, 0.4) is 0 Å². The summed E-state index contributed by atoms with van der Waals surface area (Å²) in [5.41, 5.74) is 0. The fourth-order valence-electron chi connectivity index (χ4n) is 0.674. The Morgan fingerprint density at radius 1 is 1.18 bits per heavy atom. The molecule has 0 spiro atoms. The van der Waals surface area contributed by atoms with Crippen LogP contribution in [-0.4, -0.2) is 6.26 Å². The zero-order valence-corrected chi connectivity index (χ0v) is 8.83. The molecule has 1 aromatic rings. The predicted molar refractivity (Wildman–Crippen MR) is 53.2 cm³/mol. The minimum absolute atomic E-state index is 0.151. The van der Waals surface area contributed by atoms with Crippen LogP contribution >= 0.6 is 33.4 Å². The van der Waals surface area contributed by atoms with E-state index in [1.807, 2.05) is 0 Å². The van der Waals surface area contributed by atoms with Crippen LogP contribution in [0, 0.1) is 3.57 Å². The van der Waals surface area contributed by atoms with Crippen LogP contribution in [0.5, 0.6) is 0 Å². The summed E-state index contributed by atoms with van der Waals surface area (Å²) in [5, 5.41) is 0. The highest BCUT2D eigenvalue weighted by Crippen LogP contribution is 2.55. The molecular weight excluding hydrogens is 281 g/mol. The van der Waals surface area contributed by atoms with Crippen molar-refractivity contribution in [3.8, 4) is 0 Å². The van der Waals surface area contributed by atoms with Crippen molar-refractivity contribution in [3.05, 3.63) is 27.8 Å². The predicted octanol–water partition coefficient (Wildman–Crippen LogP) is 3.85. The molecule has 0 bridgehead atoms. The molecule has 4 heteroatoms. The third-order valence-electron chi connectivity index (χ3n) is 1.23. The van der Waals surface area contributed by atoms with Gasteiger partial charge in [0.15, 0.2) is 0 Å². The van der Waals surface area contributed by atoms with Crippen LogP contribution in [0.1, 0.15) is 0 Å². The van der Waals surface area contributed by atoms with Crippen LogP contribution in [0.15, 0.2) is 29.2 Å². The normalized spacial score (nSPS) is 13.1. The number of halogens is 3. The molecule has 0 amide bonds. The van der Waals surface area contributed by atoms with Gasteiger partial charge in [-0.25, -0.2) is 0 Å². The summed E-state index contributed by atoms with van der Waals surface area (Å²) in [4.78, 5) is 0.151. The third kappa shape index (κ3) is 2.59. The largest absolute Gasteiger partial charge is 0.153 e. The maximum atomic E-state index is 12.7. The van der Waals surface area contributed by atoms with Crippen molar-refractivity contribution in [2.24, 2.45) is 0 Å². The summed E-state index contributed by atoms with van der Waals surface area (Å²) in [6, 6.07) is 6.36. The molecule has 11 heavy (non-hydrogen) atoms. The second-order valence-electron chi connectivity index (χ2n) is 2.18. The van der Waals surface area contributed by atoms with Crippen LogP contribution < -0.4 is 0 Å². The Hall–Kier alpha value is 0.160. The van der Waals surface area contributed by atoms with Gasteiger partial charge in [-0.2, -0.15) is 7.77 Å². The zero-order valence-electron chi connectivity index (χ0n) is 5.85. The number of rotatable bonds is 1. The Labute approximate surface area is 80.0 Å². The molecular formula is C7H7F2IS. The Morgan fingerprint density at radius 2 is 1.64 bits per heavy atom. The maximum absolute atomic E-state index is 12.7. The van der Waals surface area contributed by atoms with Gasteiger partial charge in [-0.3, -0.25) is 0 Å². The van der Waals surface area contributed by atoms with Crippen molar-refractivity contribution >= 4 is 33.4 Å². The minimum atomic E-state index is -3.52. The molecule has 0 radical (unpaired) electrons. The van der Waals surface area contributed by atoms with Gasteiger partial charge in [-0.15, -0.1) is 0 Å². The molecule has 0 nitrogen and oxygen atoms in total. The topological polar surface area (TPSA) is 0 Å². The van der Waals surface area contributed by atoms with Gasteiger partial charge in [0.05, 0.1) is 10.8 Å². The molecule has 1 aromatic carbocycles. The molecule has 0 aromatic heterocycles. The molecule has 0 saturated heterocycles. The van der Waals surface area contributed by atoms with E-state index in [0.29, 0.717) is 0 Å². The van der Waals surface area contributed by atoms with Crippen LogP contribution in [0.4, 0.5) is 7.77 Å². The second-order valence-corrected chi connectivity index (χ2v) is 5.35. The first-order valence-corrected chi connectivity index (χ1v) is 5.85. The van der Waals surface area contributed by atoms with Gasteiger partial charge in [0.1, 0.15) is 0 Å². The zero-order chi connectivity index (χ0) is 8.48. The summed E-state index contributed by atoms with van der Waals surface area (Å²) < 4.78 is 26.3. The summed E-state index contributed by atoms with van der Waals surface area (Å²) in [6.07, 6.45) is 0.981. The average Bonchev–Trinajstić information content (AvgIpc) is 1.86. The molecule has 1 rings (SSSR count). The van der Waals surface area contributed by atoms with Gasteiger partial charge < -0.3 is 0 Å². The Balaban J connectivity index is 2.99. The molecule has 0 atom stereocenters. The summed E-state index contributed by atoms with van der Waals surface area (Å²) in [6.45, 7) is 0. The molecule has 0 heterocycles. The van der Waals surface area contributed by atoms with E-state index in [4.69, 9.17) is 0 Å². The molecule has 0 saturated carbocycles. The lowest BCUT2D eigenvalue weighted by atomic mass is 10.4. The Kier molecular flexibility index (Phi) is 2.74. The van der Waals surface area contributed by atoms with Crippen molar-refractivity contribution in [3.63, 3.8) is 0 Å². The molecule has 0 unspecified atom stereocenters. The number of benzene rings is 1. The van der Waals surface area contributed by atoms with E-state index in [1.165, 1.54) is 12.1 Å². The van der Waals surface area contributed by atoms with Crippen LogP contribution in [0.25, 0.3) is 0 Å². The second kappa shape index (κ2) is 3.26. The SMILES string of the molecule is CS(F)(F)c1ccc(I)cc1. The minimum Gasteiger partial charge on any atom is -0.153 e. The Morgan fingerprint density at radius 3 is 2.00 bits per heavy atom. The van der Waals surface area contributed by atoms with Gasteiger partial charge in [0, 0.05) is 14.7 Å². The average molecular weight is 288 g/mol. The van der Waals surface area contributed by atoms with Crippen LogP contribution in [-0.2, 0) is 0 Å². The first kappa shape index (κ1) is 9.25. The lowest BCUT2D eigenvalue weighted by Gasteiger charge is -2.14. The molecule has 0 aliphatic heterocycles. The Bertz CT molecular complexity index is 240. The van der Waals surface area contributed by atoms with Crippen molar-refractivity contribution in [1.29, 1.82) is 0 Å². The highest BCUT2D eigenvalue weighted by atomic mass is 127. The lowest BCUT2D eigenvalue weighted by molar-refractivity contribution is 0.752. The summed E-state index contributed by atoms with van der Waals surface area (Å²) in [5.74, 6) is 0. The van der Waals surface area contributed by atoms with Crippen molar-refractivity contribution in [1.82, 2.24) is 0 Å². The fourth-order valence-corrected chi connectivity index (χ4v) is 1.65. The lowest BCUT2D eigenvalue weighted by Crippen LogP contribution is -1.82. The van der Waals surface area contributed by atoms with Gasteiger partial charge >= 0.3 is 0 Å². The van der Waals surface area contributed by atoms with Gasteiger partial charge in [-0.1, -0.05) is 0 Å². The fraction of sp³-hybridized carbons (Fsp3) is 0.143. The summed E-state index contributed by atoms with van der Waals surface area (Å²) >= 11 is 2.09.